The molecule has 0 aliphatic rings. The molecule has 0 aliphatic heterocycles. The number of aryl methyl sites for hydroxylation is 1. The van der Waals surface area contributed by atoms with E-state index < -0.39 is 0 Å². The molecule has 0 radical (unpaired) electrons. The highest BCUT2D eigenvalue weighted by atomic mass is 16.2. The molecule has 4 aromatic rings. The van der Waals surface area contributed by atoms with E-state index >= 15 is 0 Å². The minimum absolute atomic E-state index is 0.0651. The van der Waals surface area contributed by atoms with Crippen LogP contribution < -0.4 is 16.0 Å². The normalized spacial score (nSPS) is 10.6. The molecule has 2 aromatic carbocycles. The topological polar surface area (TPSA) is 99.2 Å². The molecular formula is C27H28N6O2. The van der Waals surface area contributed by atoms with Crippen LogP contribution in [-0.2, 0) is 0 Å². The average Bonchev–Trinajstić information content (AvgIpc) is 2.84. The van der Waals surface area contributed by atoms with Gasteiger partial charge in [-0.05, 0) is 72.8 Å². The molecule has 0 unspecified atom stereocenters. The van der Waals surface area contributed by atoms with Crippen molar-refractivity contribution in [2.75, 3.05) is 31.3 Å². The highest BCUT2D eigenvalue weighted by molar-refractivity contribution is 6.06. The molecule has 0 aliphatic carbocycles. The Bertz CT molecular complexity index is 1400. The van der Waals surface area contributed by atoms with Crippen molar-refractivity contribution in [1.82, 2.24) is 20.2 Å². The number of pyridine rings is 2. The van der Waals surface area contributed by atoms with Crippen LogP contribution in [-0.4, -0.2) is 47.4 Å². The zero-order valence-electron chi connectivity index (χ0n) is 20.2. The number of nitrogens with one attached hydrogen (secondary N) is 3. The number of rotatable bonds is 6. The fourth-order valence-electron chi connectivity index (χ4n) is 3.85. The summed E-state index contributed by atoms with van der Waals surface area (Å²) >= 11 is 0. The van der Waals surface area contributed by atoms with E-state index in [0.29, 0.717) is 17.9 Å². The van der Waals surface area contributed by atoms with Crippen LogP contribution in [0.5, 0.6) is 0 Å². The average molecular weight is 469 g/mol. The number of hydrogen-bond acceptors (Lipinski definition) is 5. The first-order chi connectivity index (χ1) is 16.9. The van der Waals surface area contributed by atoms with Crippen LogP contribution in [0.2, 0.25) is 0 Å². The summed E-state index contributed by atoms with van der Waals surface area (Å²) in [7, 11) is 3.46. The second kappa shape index (κ2) is 10.2. The van der Waals surface area contributed by atoms with Gasteiger partial charge in [0, 0.05) is 61.1 Å². The van der Waals surface area contributed by atoms with Crippen LogP contribution in [0.1, 0.15) is 23.0 Å². The van der Waals surface area contributed by atoms with Crippen molar-refractivity contribution in [3.8, 4) is 11.1 Å². The molecule has 2 heterocycles. The van der Waals surface area contributed by atoms with Gasteiger partial charge in [0.25, 0.3) is 5.91 Å². The van der Waals surface area contributed by atoms with Crippen LogP contribution in [0.4, 0.5) is 22.0 Å². The van der Waals surface area contributed by atoms with E-state index in [0.717, 1.165) is 39.0 Å². The number of aromatic nitrogens is 2. The zero-order chi connectivity index (χ0) is 24.9. The summed E-state index contributed by atoms with van der Waals surface area (Å²) < 4.78 is 0. The van der Waals surface area contributed by atoms with Crippen molar-refractivity contribution < 1.29 is 9.59 Å². The van der Waals surface area contributed by atoms with Gasteiger partial charge in [-0.15, -0.1) is 0 Å². The standard InChI is InChI=1S/C27H28N6O2/c1-5-28-27(35)32-25-15-22-21(18-11-12-29-17(2)13-18)9-10-24(23(22)16-30-25)31-20-8-6-7-19(14-20)26(34)33(3)4/h6-16,31H,5H2,1-4H3,(H2,28,30,32,35). The molecule has 0 atom stereocenters. The van der Waals surface area contributed by atoms with Crippen LogP contribution in [0, 0.1) is 6.92 Å². The predicted molar refractivity (Wildman–Crippen MR) is 140 cm³/mol. The minimum atomic E-state index is -0.308. The van der Waals surface area contributed by atoms with Gasteiger partial charge in [-0.2, -0.15) is 0 Å². The van der Waals surface area contributed by atoms with Gasteiger partial charge < -0.3 is 15.5 Å². The fraction of sp³-hybridized carbons (Fsp3) is 0.185. The molecule has 3 N–H and O–H groups in total. The Balaban J connectivity index is 1.79. The third kappa shape index (κ3) is 5.38. The van der Waals surface area contributed by atoms with E-state index in [9.17, 15) is 9.59 Å². The summed E-state index contributed by atoms with van der Waals surface area (Å²) in [6.07, 6.45) is 3.52. The molecular weight excluding hydrogens is 440 g/mol. The van der Waals surface area contributed by atoms with Gasteiger partial charge in [0.15, 0.2) is 0 Å². The summed E-state index contributed by atoms with van der Waals surface area (Å²) in [5.41, 5.74) is 5.14. The number of fused-ring (bicyclic) bond motifs is 1. The second-order valence-electron chi connectivity index (χ2n) is 8.35. The van der Waals surface area contributed by atoms with E-state index in [4.69, 9.17) is 0 Å². The smallest absolute Gasteiger partial charge is 0.320 e. The predicted octanol–water partition coefficient (Wildman–Crippen LogP) is 5.19. The number of urea groups is 1. The molecule has 8 heteroatoms. The van der Waals surface area contributed by atoms with E-state index in [1.807, 2.05) is 62.4 Å². The quantitative estimate of drug-likeness (QED) is 0.362. The second-order valence-corrected chi connectivity index (χ2v) is 8.35. The Morgan fingerprint density at radius 2 is 1.80 bits per heavy atom. The molecule has 0 spiro atoms. The van der Waals surface area contributed by atoms with Gasteiger partial charge >= 0.3 is 6.03 Å². The lowest BCUT2D eigenvalue weighted by atomic mass is 9.98. The van der Waals surface area contributed by atoms with Crippen molar-refractivity contribution in [1.29, 1.82) is 0 Å². The van der Waals surface area contributed by atoms with Crippen molar-refractivity contribution in [3.63, 3.8) is 0 Å². The molecule has 3 amide bonds. The van der Waals surface area contributed by atoms with Crippen LogP contribution in [0.15, 0.2) is 67.0 Å². The monoisotopic (exact) mass is 468 g/mol. The third-order valence-corrected chi connectivity index (χ3v) is 5.48. The first-order valence-corrected chi connectivity index (χ1v) is 11.3. The maximum Gasteiger partial charge on any atom is 0.320 e. The van der Waals surface area contributed by atoms with Gasteiger partial charge in [-0.1, -0.05) is 12.1 Å². The van der Waals surface area contributed by atoms with Crippen LogP contribution in [0.25, 0.3) is 21.9 Å². The fourth-order valence-corrected chi connectivity index (χ4v) is 3.85. The molecule has 0 saturated carbocycles. The Morgan fingerprint density at radius 1 is 0.971 bits per heavy atom. The number of carbonyl (C=O) groups is 2. The van der Waals surface area contributed by atoms with Gasteiger partial charge in [0.05, 0.1) is 0 Å². The van der Waals surface area contributed by atoms with E-state index in [1.54, 1.807) is 37.5 Å². The Labute approximate surface area is 204 Å². The van der Waals surface area contributed by atoms with E-state index in [2.05, 4.69) is 25.9 Å². The highest BCUT2D eigenvalue weighted by Gasteiger charge is 2.13. The summed E-state index contributed by atoms with van der Waals surface area (Å²) in [5.74, 6) is 0.385. The molecule has 178 valence electrons. The maximum absolute atomic E-state index is 12.4. The van der Waals surface area contributed by atoms with Crippen molar-refractivity contribution >= 4 is 39.9 Å². The number of anilines is 3. The molecule has 0 fully saturated rings. The molecule has 2 aromatic heterocycles. The number of carbonyl (C=O) groups excluding carboxylic acids is 2. The maximum atomic E-state index is 12.4. The Kier molecular flexibility index (Phi) is 6.91. The number of benzene rings is 2. The molecule has 8 nitrogen and oxygen atoms in total. The first kappa shape index (κ1) is 23.7. The number of amides is 3. The van der Waals surface area contributed by atoms with Crippen molar-refractivity contribution in [2.24, 2.45) is 0 Å². The zero-order valence-corrected chi connectivity index (χ0v) is 20.2. The Hall–Kier alpha value is -4.46. The van der Waals surface area contributed by atoms with E-state index in [-0.39, 0.29) is 11.9 Å². The minimum Gasteiger partial charge on any atom is -0.355 e. The molecule has 0 saturated heterocycles. The first-order valence-electron chi connectivity index (χ1n) is 11.3. The lowest BCUT2D eigenvalue weighted by molar-refractivity contribution is 0.0827. The molecule has 4 rings (SSSR count). The third-order valence-electron chi connectivity index (χ3n) is 5.48. The summed E-state index contributed by atoms with van der Waals surface area (Å²) in [6, 6.07) is 17.0. The van der Waals surface area contributed by atoms with Gasteiger partial charge in [0.1, 0.15) is 5.82 Å². The van der Waals surface area contributed by atoms with Gasteiger partial charge in [-0.25, -0.2) is 9.78 Å². The SMILES string of the molecule is CCNC(=O)Nc1cc2c(-c3ccnc(C)c3)ccc(Nc3cccc(C(=O)N(C)C)c3)c2cn1. The lowest BCUT2D eigenvalue weighted by Crippen LogP contribution is -2.28. The summed E-state index contributed by atoms with van der Waals surface area (Å²) in [4.78, 5) is 34.8. The molecule has 35 heavy (non-hydrogen) atoms. The van der Waals surface area contributed by atoms with Gasteiger partial charge in [0.2, 0.25) is 0 Å². The highest BCUT2D eigenvalue weighted by Crippen LogP contribution is 2.35. The van der Waals surface area contributed by atoms with Crippen molar-refractivity contribution in [3.05, 3.63) is 78.2 Å². The van der Waals surface area contributed by atoms with E-state index in [1.165, 1.54) is 0 Å². The van der Waals surface area contributed by atoms with Crippen molar-refractivity contribution in [2.45, 2.75) is 13.8 Å². The number of nitrogens with zero attached hydrogens (tertiary/aromatic N) is 3. The molecule has 0 bridgehead atoms. The summed E-state index contributed by atoms with van der Waals surface area (Å²) in [5, 5.41) is 10.7. The summed E-state index contributed by atoms with van der Waals surface area (Å²) in [6.45, 7) is 4.33. The lowest BCUT2D eigenvalue weighted by Gasteiger charge is -2.16. The van der Waals surface area contributed by atoms with Crippen LogP contribution in [0.3, 0.4) is 0 Å². The van der Waals surface area contributed by atoms with Gasteiger partial charge in [-0.3, -0.25) is 15.1 Å². The van der Waals surface area contributed by atoms with Crippen LogP contribution >= 0.6 is 0 Å². The largest absolute Gasteiger partial charge is 0.355 e. The Morgan fingerprint density at radius 3 is 2.54 bits per heavy atom. The number of hydrogen-bond donors (Lipinski definition) is 3.